The highest BCUT2D eigenvalue weighted by Crippen LogP contribution is 2.23. The molecule has 8 nitrogen and oxygen atoms in total. The van der Waals surface area contributed by atoms with E-state index in [1.54, 1.807) is 18.2 Å². The second-order valence-corrected chi connectivity index (χ2v) is 5.95. The molecule has 0 saturated heterocycles. The summed E-state index contributed by atoms with van der Waals surface area (Å²) in [5.41, 5.74) is 1.10. The minimum absolute atomic E-state index is 0.119. The number of amides is 1. The first-order chi connectivity index (χ1) is 11.0. The Morgan fingerprint density at radius 2 is 2.26 bits per heavy atom. The van der Waals surface area contributed by atoms with E-state index in [9.17, 15) is 9.59 Å². The zero-order chi connectivity index (χ0) is 16.4. The van der Waals surface area contributed by atoms with Crippen molar-refractivity contribution in [2.75, 3.05) is 11.1 Å². The predicted molar refractivity (Wildman–Crippen MR) is 86.9 cm³/mol. The third kappa shape index (κ3) is 3.35. The molecule has 0 atom stereocenters. The first kappa shape index (κ1) is 15.5. The SMILES string of the molecule is Cc1c(Cl)cccc1NC(=O)CSc1nnc2[nH]c(=O)cnn12. The Morgan fingerprint density at radius 3 is 3.09 bits per heavy atom. The highest BCUT2D eigenvalue weighted by Gasteiger charge is 2.12. The number of hydrogen-bond donors (Lipinski definition) is 2. The van der Waals surface area contributed by atoms with Gasteiger partial charge in [-0.05, 0) is 24.6 Å². The van der Waals surface area contributed by atoms with Crippen molar-refractivity contribution in [3.63, 3.8) is 0 Å². The quantitative estimate of drug-likeness (QED) is 0.691. The minimum atomic E-state index is -0.365. The van der Waals surface area contributed by atoms with Crippen molar-refractivity contribution >= 4 is 40.7 Å². The van der Waals surface area contributed by atoms with Gasteiger partial charge < -0.3 is 5.32 Å². The van der Waals surface area contributed by atoms with Crippen LogP contribution in [0.2, 0.25) is 5.02 Å². The number of hydrogen-bond acceptors (Lipinski definition) is 6. The first-order valence-corrected chi connectivity index (χ1v) is 7.89. The molecule has 3 rings (SSSR count). The van der Waals surface area contributed by atoms with Gasteiger partial charge in [0.05, 0.1) is 5.75 Å². The average molecular weight is 351 g/mol. The molecule has 0 fully saturated rings. The normalized spacial score (nSPS) is 10.9. The van der Waals surface area contributed by atoms with Crippen LogP contribution in [0.25, 0.3) is 5.78 Å². The second-order valence-electron chi connectivity index (χ2n) is 4.60. The van der Waals surface area contributed by atoms with Crippen LogP contribution in [-0.2, 0) is 4.79 Å². The molecule has 0 radical (unpaired) electrons. The molecule has 0 spiro atoms. The van der Waals surface area contributed by atoms with Crippen LogP contribution in [0.3, 0.4) is 0 Å². The van der Waals surface area contributed by atoms with Crippen molar-refractivity contribution in [3.05, 3.63) is 45.3 Å². The van der Waals surface area contributed by atoms with Gasteiger partial charge in [-0.3, -0.25) is 14.6 Å². The van der Waals surface area contributed by atoms with Crippen molar-refractivity contribution < 1.29 is 4.79 Å². The molecule has 10 heteroatoms. The lowest BCUT2D eigenvalue weighted by Gasteiger charge is -2.08. The highest BCUT2D eigenvalue weighted by molar-refractivity contribution is 7.99. The molecule has 1 aromatic carbocycles. The van der Waals surface area contributed by atoms with Gasteiger partial charge in [0.2, 0.25) is 11.1 Å². The number of benzene rings is 1. The fourth-order valence-corrected chi connectivity index (χ4v) is 2.71. The fraction of sp³-hybridized carbons (Fsp3) is 0.154. The zero-order valence-corrected chi connectivity index (χ0v) is 13.5. The minimum Gasteiger partial charge on any atom is -0.325 e. The molecule has 2 N–H and O–H groups in total. The number of H-pyrrole nitrogens is 1. The number of rotatable bonds is 4. The fourth-order valence-electron chi connectivity index (χ4n) is 1.85. The number of fused-ring (bicyclic) bond motifs is 1. The maximum absolute atomic E-state index is 12.1. The monoisotopic (exact) mass is 350 g/mol. The Balaban J connectivity index is 1.68. The molecule has 0 aliphatic heterocycles. The van der Waals surface area contributed by atoms with Gasteiger partial charge in [-0.25, -0.2) is 0 Å². The van der Waals surface area contributed by atoms with E-state index in [0.717, 1.165) is 23.5 Å². The Hall–Kier alpha value is -2.39. The average Bonchev–Trinajstić information content (AvgIpc) is 2.92. The van der Waals surface area contributed by atoms with Crippen molar-refractivity contribution in [2.45, 2.75) is 12.1 Å². The lowest BCUT2D eigenvalue weighted by molar-refractivity contribution is -0.113. The Bertz CT molecular complexity index is 938. The molecule has 0 aliphatic carbocycles. The van der Waals surface area contributed by atoms with E-state index < -0.39 is 0 Å². The molecule has 0 unspecified atom stereocenters. The number of anilines is 1. The number of aromatic amines is 1. The van der Waals surface area contributed by atoms with Crippen LogP contribution in [0.15, 0.2) is 34.3 Å². The standard InChI is InChI=1S/C13H11ClN6O2S/c1-7-8(14)3-2-4-9(7)16-11(22)6-23-13-19-18-12-17-10(21)5-15-20(12)13/h2-5H,6H2,1H3,(H,16,22)(H,17,18,21). The van der Waals surface area contributed by atoms with E-state index in [1.807, 2.05) is 6.92 Å². The second kappa shape index (κ2) is 6.39. The van der Waals surface area contributed by atoms with E-state index in [1.165, 1.54) is 4.52 Å². The van der Waals surface area contributed by atoms with Gasteiger partial charge in [0.25, 0.3) is 11.3 Å². The van der Waals surface area contributed by atoms with Gasteiger partial charge in [0, 0.05) is 10.7 Å². The first-order valence-electron chi connectivity index (χ1n) is 6.53. The maximum atomic E-state index is 12.1. The molecule has 0 saturated carbocycles. The number of carbonyl (C=O) groups excluding carboxylic acids is 1. The van der Waals surface area contributed by atoms with E-state index in [4.69, 9.17) is 11.6 Å². The predicted octanol–water partition coefficient (Wildman–Crippen LogP) is 1.51. The Kier molecular flexibility index (Phi) is 4.30. The summed E-state index contributed by atoms with van der Waals surface area (Å²) in [6.07, 6.45) is 1.12. The lowest BCUT2D eigenvalue weighted by atomic mass is 10.2. The maximum Gasteiger partial charge on any atom is 0.271 e. The van der Waals surface area contributed by atoms with Gasteiger partial charge in [0.15, 0.2) is 0 Å². The van der Waals surface area contributed by atoms with Crippen molar-refractivity contribution in [3.8, 4) is 0 Å². The summed E-state index contributed by atoms with van der Waals surface area (Å²) in [7, 11) is 0. The van der Waals surface area contributed by atoms with Gasteiger partial charge in [-0.15, -0.1) is 10.2 Å². The van der Waals surface area contributed by atoms with Crippen LogP contribution in [0.1, 0.15) is 5.56 Å². The van der Waals surface area contributed by atoms with Crippen LogP contribution < -0.4 is 10.9 Å². The van der Waals surface area contributed by atoms with Crippen LogP contribution in [0.4, 0.5) is 5.69 Å². The molecule has 3 aromatic rings. The van der Waals surface area contributed by atoms with Gasteiger partial charge in [-0.1, -0.05) is 29.4 Å². The summed E-state index contributed by atoms with van der Waals surface area (Å²) in [5, 5.41) is 15.4. The zero-order valence-electron chi connectivity index (χ0n) is 11.9. The summed E-state index contributed by atoms with van der Waals surface area (Å²) < 4.78 is 1.37. The van der Waals surface area contributed by atoms with Crippen molar-refractivity contribution in [2.24, 2.45) is 0 Å². The van der Waals surface area contributed by atoms with E-state index in [-0.39, 0.29) is 23.0 Å². The highest BCUT2D eigenvalue weighted by atomic mass is 35.5. The largest absolute Gasteiger partial charge is 0.325 e. The van der Waals surface area contributed by atoms with Gasteiger partial charge in [-0.2, -0.15) is 9.61 Å². The third-order valence-electron chi connectivity index (χ3n) is 3.01. The molecule has 0 bridgehead atoms. The van der Waals surface area contributed by atoms with E-state index >= 15 is 0 Å². The summed E-state index contributed by atoms with van der Waals surface area (Å²) >= 11 is 7.18. The Labute approximate surface area is 139 Å². The molecule has 1 amide bonds. The molecule has 2 aromatic heterocycles. The van der Waals surface area contributed by atoms with Gasteiger partial charge >= 0.3 is 0 Å². The summed E-state index contributed by atoms with van der Waals surface area (Å²) in [6.45, 7) is 1.83. The lowest BCUT2D eigenvalue weighted by Crippen LogP contribution is -2.15. The molecule has 23 heavy (non-hydrogen) atoms. The van der Waals surface area contributed by atoms with Crippen LogP contribution in [0, 0.1) is 6.92 Å². The van der Waals surface area contributed by atoms with E-state index in [0.29, 0.717) is 15.9 Å². The molecular weight excluding hydrogens is 340 g/mol. The summed E-state index contributed by atoms with van der Waals surface area (Å²) in [5.74, 6) is 0.140. The number of carbonyl (C=O) groups is 1. The van der Waals surface area contributed by atoms with Crippen molar-refractivity contribution in [1.29, 1.82) is 0 Å². The number of halogens is 1. The summed E-state index contributed by atoms with van der Waals surface area (Å²) in [4.78, 5) is 25.7. The topological polar surface area (TPSA) is 105 Å². The molecular formula is C13H11ClN6O2S. The third-order valence-corrected chi connectivity index (χ3v) is 4.34. The van der Waals surface area contributed by atoms with Crippen LogP contribution >= 0.6 is 23.4 Å². The van der Waals surface area contributed by atoms with E-state index in [2.05, 4.69) is 25.6 Å². The number of aromatic nitrogens is 5. The molecule has 0 aliphatic rings. The van der Waals surface area contributed by atoms with Crippen LogP contribution in [-0.4, -0.2) is 36.5 Å². The van der Waals surface area contributed by atoms with Gasteiger partial charge in [0.1, 0.15) is 6.20 Å². The van der Waals surface area contributed by atoms with Crippen LogP contribution in [0.5, 0.6) is 0 Å². The number of nitrogens with zero attached hydrogens (tertiary/aromatic N) is 4. The number of thioether (sulfide) groups is 1. The smallest absolute Gasteiger partial charge is 0.271 e. The van der Waals surface area contributed by atoms with Crippen molar-refractivity contribution in [1.82, 2.24) is 24.8 Å². The molecule has 2 heterocycles. The Morgan fingerprint density at radius 1 is 1.43 bits per heavy atom. The summed E-state index contributed by atoms with van der Waals surface area (Å²) in [6, 6.07) is 5.31. The molecule has 118 valence electrons. The number of nitrogens with one attached hydrogen (secondary N) is 2.